The standard InChI is InChI=1S/C28H34ClN5O3/c1-20(35)33-11-10-27-26(19-33)28(21-6-8-22(29)9-7-21)30-34(27)18-24(36)17-31-12-14-32(15-13-31)23-4-3-5-25(16-23)37-2/h3-9,16,24,36H,10-15,17-19H2,1-2H3. The molecule has 0 spiro atoms. The van der Waals surface area contributed by atoms with Crippen LogP contribution in [0.1, 0.15) is 18.2 Å². The second-order valence-corrected chi connectivity index (χ2v) is 10.2. The summed E-state index contributed by atoms with van der Waals surface area (Å²) >= 11 is 6.11. The minimum atomic E-state index is -0.545. The predicted octanol–water partition coefficient (Wildman–Crippen LogP) is 3.30. The van der Waals surface area contributed by atoms with Gasteiger partial charge in [0.25, 0.3) is 0 Å². The van der Waals surface area contributed by atoms with Crippen LogP contribution in [0.15, 0.2) is 48.5 Å². The molecule has 1 saturated heterocycles. The number of halogens is 1. The highest BCUT2D eigenvalue weighted by atomic mass is 35.5. The van der Waals surface area contributed by atoms with Gasteiger partial charge in [0, 0.05) is 92.8 Å². The van der Waals surface area contributed by atoms with Gasteiger partial charge in [-0.1, -0.05) is 29.8 Å². The Morgan fingerprint density at radius 3 is 2.54 bits per heavy atom. The van der Waals surface area contributed by atoms with E-state index in [2.05, 4.69) is 21.9 Å². The lowest BCUT2D eigenvalue weighted by Crippen LogP contribution is -2.49. The number of β-amino-alcohol motifs (C(OH)–C–C–N with tert-alkyl or cyclic N) is 1. The number of ether oxygens (including phenoxy) is 1. The fourth-order valence-corrected chi connectivity index (χ4v) is 5.43. The fraction of sp³-hybridized carbons (Fsp3) is 0.429. The number of aliphatic hydroxyl groups is 1. The number of carbonyl (C=O) groups is 1. The number of nitrogens with zero attached hydrogens (tertiary/aromatic N) is 5. The normalized spacial score (nSPS) is 17.0. The third kappa shape index (κ3) is 5.76. The Morgan fingerprint density at radius 1 is 1.08 bits per heavy atom. The van der Waals surface area contributed by atoms with Crippen molar-refractivity contribution in [1.82, 2.24) is 19.6 Å². The van der Waals surface area contributed by atoms with E-state index >= 15 is 0 Å². The average molecular weight is 524 g/mol. The third-order valence-electron chi connectivity index (χ3n) is 7.34. The quantitative estimate of drug-likeness (QED) is 0.512. The maximum absolute atomic E-state index is 12.1. The Kier molecular flexibility index (Phi) is 7.69. The maximum Gasteiger partial charge on any atom is 0.219 e. The third-order valence-corrected chi connectivity index (χ3v) is 7.59. The van der Waals surface area contributed by atoms with Gasteiger partial charge in [0.1, 0.15) is 5.75 Å². The van der Waals surface area contributed by atoms with Crippen LogP contribution in [-0.4, -0.2) is 83.1 Å². The maximum atomic E-state index is 12.1. The molecule has 2 aliphatic heterocycles. The molecule has 3 aromatic rings. The van der Waals surface area contributed by atoms with Crippen molar-refractivity contribution in [1.29, 1.82) is 0 Å². The molecule has 0 aliphatic carbocycles. The second-order valence-electron chi connectivity index (χ2n) is 9.80. The molecule has 3 heterocycles. The van der Waals surface area contributed by atoms with Crippen molar-refractivity contribution >= 4 is 23.2 Å². The van der Waals surface area contributed by atoms with Gasteiger partial charge >= 0.3 is 0 Å². The minimum Gasteiger partial charge on any atom is -0.497 e. The van der Waals surface area contributed by atoms with E-state index in [1.807, 2.05) is 46.0 Å². The Morgan fingerprint density at radius 2 is 1.84 bits per heavy atom. The highest BCUT2D eigenvalue weighted by Crippen LogP contribution is 2.31. The van der Waals surface area contributed by atoms with Gasteiger partial charge in [-0.2, -0.15) is 5.10 Å². The van der Waals surface area contributed by atoms with Gasteiger partial charge in [-0.25, -0.2) is 0 Å². The zero-order chi connectivity index (χ0) is 25.9. The average Bonchev–Trinajstić information content (AvgIpc) is 3.26. The van der Waals surface area contributed by atoms with Crippen LogP contribution in [-0.2, 0) is 24.3 Å². The van der Waals surface area contributed by atoms with Gasteiger partial charge in [0.2, 0.25) is 5.91 Å². The first-order chi connectivity index (χ1) is 17.9. The van der Waals surface area contributed by atoms with Gasteiger partial charge in [-0.15, -0.1) is 0 Å². The van der Waals surface area contributed by atoms with Gasteiger partial charge in [-0.05, 0) is 24.3 Å². The van der Waals surface area contributed by atoms with Crippen molar-refractivity contribution in [3.63, 3.8) is 0 Å². The number of methoxy groups -OCH3 is 1. The van der Waals surface area contributed by atoms with Crippen molar-refractivity contribution in [2.45, 2.75) is 32.5 Å². The number of hydrogen-bond donors (Lipinski definition) is 1. The van der Waals surface area contributed by atoms with E-state index in [0.717, 1.165) is 66.6 Å². The zero-order valence-electron chi connectivity index (χ0n) is 21.4. The number of aliphatic hydroxyl groups excluding tert-OH is 1. The van der Waals surface area contributed by atoms with Crippen LogP contribution in [0.4, 0.5) is 5.69 Å². The van der Waals surface area contributed by atoms with Crippen LogP contribution in [0.5, 0.6) is 5.75 Å². The molecule has 1 fully saturated rings. The largest absolute Gasteiger partial charge is 0.497 e. The van der Waals surface area contributed by atoms with E-state index in [4.69, 9.17) is 21.4 Å². The van der Waals surface area contributed by atoms with Gasteiger partial charge in [-0.3, -0.25) is 14.4 Å². The van der Waals surface area contributed by atoms with E-state index in [0.29, 0.717) is 31.2 Å². The molecular formula is C28H34ClN5O3. The lowest BCUT2D eigenvalue weighted by atomic mass is 10.0. The number of piperazine rings is 1. The summed E-state index contributed by atoms with van der Waals surface area (Å²) in [4.78, 5) is 18.6. The van der Waals surface area contributed by atoms with E-state index in [-0.39, 0.29) is 5.91 Å². The minimum absolute atomic E-state index is 0.0635. The number of anilines is 1. The molecule has 1 unspecified atom stereocenters. The van der Waals surface area contributed by atoms with Crippen molar-refractivity contribution in [2.75, 3.05) is 51.3 Å². The lowest BCUT2D eigenvalue weighted by molar-refractivity contribution is -0.129. The van der Waals surface area contributed by atoms with Crippen molar-refractivity contribution in [3.05, 3.63) is 64.8 Å². The summed E-state index contributed by atoms with van der Waals surface area (Å²) in [6.07, 6.45) is 0.179. The van der Waals surface area contributed by atoms with E-state index in [1.165, 1.54) is 0 Å². The van der Waals surface area contributed by atoms with Gasteiger partial charge in [0.05, 0.1) is 25.5 Å². The summed E-state index contributed by atoms with van der Waals surface area (Å²) in [5, 5.41) is 16.6. The second kappa shape index (κ2) is 11.1. The SMILES string of the molecule is COc1cccc(N2CCN(CC(O)Cn3nc(-c4ccc(Cl)cc4)c4c3CCN(C(C)=O)C4)CC2)c1. The number of benzene rings is 2. The first-order valence-electron chi connectivity index (χ1n) is 12.8. The first kappa shape index (κ1) is 25.6. The molecule has 37 heavy (non-hydrogen) atoms. The predicted molar refractivity (Wildman–Crippen MR) is 145 cm³/mol. The number of aromatic nitrogens is 2. The van der Waals surface area contributed by atoms with Crippen molar-refractivity contribution in [3.8, 4) is 17.0 Å². The molecule has 0 saturated carbocycles. The van der Waals surface area contributed by atoms with Crippen LogP contribution in [0, 0.1) is 0 Å². The molecule has 0 radical (unpaired) electrons. The molecule has 5 rings (SSSR count). The number of fused-ring (bicyclic) bond motifs is 1. The highest BCUT2D eigenvalue weighted by molar-refractivity contribution is 6.30. The molecular weight excluding hydrogens is 490 g/mol. The fourth-order valence-electron chi connectivity index (χ4n) is 5.30. The summed E-state index contributed by atoms with van der Waals surface area (Å²) in [5.74, 6) is 0.927. The molecule has 2 aliphatic rings. The molecule has 0 bridgehead atoms. The number of rotatable bonds is 7. The topological polar surface area (TPSA) is 74.1 Å². The molecule has 1 aromatic heterocycles. The Labute approximate surface area is 223 Å². The summed E-state index contributed by atoms with van der Waals surface area (Å²) in [7, 11) is 1.69. The summed E-state index contributed by atoms with van der Waals surface area (Å²) in [6, 6.07) is 15.8. The molecule has 1 amide bonds. The Bertz CT molecular complexity index is 1240. The number of carbonyl (C=O) groups excluding carboxylic acids is 1. The van der Waals surface area contributed by atoms with Crippen LogP contribution < -0.4 is 9.64 Å². The van der Waals surface area contributed by atoms with Crippen LogP contribution in [0.25, 0.3) is 11.3 Å². The van der Waals surface area contributed by atoms with Crippen LogP contribution in [0.2, 0.25) is 5.02 Å². The van der Waals surface area contributed by atoms with Gasteiger partial charge < -0.3 is 19.6 Å². The smallest absolute Gasteiger partial charge is 0.219 e. The van der Waals surface area contributed by atoms with E-state index in [9.17, 15) is 9.90 Å². The van der Waals surface area contributed by atoms with Crippen LogP contribution >= 0.6 is 11.6 Å². The number of amides is 1. The van der Waals surface area contributed by atoms with E-state index < -0.39 is 6.10 Å². The molecule has 2 aromatic carbocycles. The van der Waals surface area contributed by atoms with Gasteiger partial charge in [0.15, 0.2) is 0 Å². The first-order valence-corrected chi connectivity index (χ1v) is 13.2. The zero-order valence-corrected chi connectivity index (χ0v) is 22.2. The summed E-state index contributed by atoms with van der Waals surface area (Å²) in [6.45, 7) is 7.39. The summed E-state index contributed by atoms with van der Waals surface area (Å²) in [5.41, 5.74) is 5.15. The summed E-state index contributed by atoms with van der Waals surface area (Å²) < 4.78 is 7.32. The molecule has 8 nitrogen and oxygen atoms in total. The highest BCUT2D eigenvalue weighted by Gasteiger charge is 2.28. The number of hydrogen-bond acceptors (Lipinski definition) is 6. The monoisotopic (exact) mass is 523 g/mol. The molecule has 1 N–H and O–H groups in total. The van der Waals surface area contributed by atoms with Crippen molar-refractivity contribution in [2.24, 2.45) is 0 Å². The lowest BCUT2D eigenvalue weighted by Gasteiger charge is -2.37. The molecule has 196 valence electrons. The molecule has 9 heteroatoms. The van der Waals surface area contributed by atoms with Crippen LogP contribution in [0.3, 0.4) is 0 Å². The Hall–Kier alpha value is -3.07. The molecule has 1 atom stereocenters. The van der Waals surface area contributed by atoms with Crippen molar-refractivity contribution < 1.29 is 14.6 Å². The van der Waals surface area contributed by atoms with E-state index in [1.54, 1.807) is 14.0 Å². The Balaban J connectivity index is 1.26.